The molecule has 0 bridgehead atoms. The van der Waals surface area contributed by atoms with E-state index in [2.05, 4.69) is 27.6 Å². The van der Waals surface area contributed by atoms with Gasteiger partial charge in [-0.1, -0.05) is 19.3 Å². The largest absolute Gasteiger partial charge is 0.388 e. The normalized spacial score (nSPS) is 19.7. The smallest absolute Gasteiger partial charge is 0.219 e. The number of hydrogen-bond donors (Lipinski definition) is 1. The van der Waals surface area contributed by atoms with E-state index in [-0.39, 0.29) is 5.92 Å². The number of rotatable bonds is 2. The second-order valence-electron chi connectivity index (χ2n) is 4.34. The Bertz CT molecular complexity index is 346. The average molecular weight is 335 g/mol. The Labute approximate surface area is 108 Å². The minimum absolute atomic E-state index is 0.195. The second-order valence-corrected chi connectivity index (χ2v) is 5.50. The van der Waals surface area contributed by atoms with Crippen LogP contribution in [-0.2, 0) is 0 Å². The van der Waals surface area contributed by atoms with Crippen LogP contribution in [0.3, 0.4) is 0 Å². The van der Waals surface area contributed by atoms with E-state index < -0.39 is 12.1 Å². The van der Waals surface area contributed by atoms with Gasteiger partial charge in [0.2, 0.25) is 5.95 Å². The second kappa shape index (κ2) is 5.40. The van der Waals surface area contributed by atoms with Gasteiger partial charge in [0.25, 0.3) is 0 Å². The summed E-state index contributed by atoms with van der Waals surface area (Å²) in [5, 5.41) is 10.2. The molecule has 16 heavy (non-hydrogen) atoms. The van der Waals surface area contributed by atoms with Crippen molar-refractivity contribution < 1.29 is 9.50 Å². The molecule has 0 spiro atoms. The molecule has 2 nitrogen and oxygen atoms in total. The molecule has 1 aliphatic rings. The van der Waals surface area contributed by atoms with Gasteiger partial charge in [-0.25, -0.2) is 4.98 Å². The van der Waals surface area contributed by atoms with E-state index in [4.69, 9.17) is 0 Å². The van der Waals surface area contributed by atoms with Crippen molar-refractivity contribution in [2.75, 3.05) is 0 Å². The zero-order valence-corrected chi connectivity index (χ0v) is 11.2. The Morgan fingerprint density at radius 3 is 2.69 bits per heavy atom. The molecule has 1 heterocycles. The van der Waals surface area contributed by atoms with Gasteiger partial charge < -0.3 is 5.11 Å². The fraction of sp³-hybridized carbons (Fsp3) is 0.583. The van der Waals surface area contributed by atoms with Crippen molar-refractivity contribution in [2.45, 2.75) is 38.2 Å². The van der Waals surface area contributed by atoms with Crippen LogP contribution in [0.1, 0.15) is 43.8 Å². The van der Waals surface area contributed by atoms with Crippen LogP contribution in [0.4, 0.5) is 4.39 Å². The molecular formula is C12H15FINO. The van der Waals surface area contributed by atoms with E-state index in [1.807, 2.05) is 0 Å². The summed E-state index contributed by atoms with van der Waals surface area (Å²) < 4.78 is 14.3. The number of aromatic nitrogens is 1. The van der Waals surface area contributed by atoms with Gasteiger partial charge in [-0.2, -0.15) is 4.39 Å². The zero-order valence-electron chi connectivity index (χ0n) is 9.00. The van der Waals surface area contributed by atoms with Crippen LogP contribution < -0.4 is 0 Å². The summed E-state index contributed by atoms with van der Waals surface area (Å²) in [6.07, 6.45) is 6.24. The van der Waals surface area contributed by atoms with Gasteiger partial charge in [0.15, 0.2) is 0 Å². The lowest BCUT2D eigenvalue weighted by Crippen LogP contribution is -2.18. The van der Waals surface area contributed by atoms with Gasteiger partial charge in [-0.3, -0.25) is 0 Å². The monoisotopic (exact) mass is 335 g/mol. The predicted molar refractivity (Wildman–Crippen MR) is 68.4 cm³/mol. The highest BCUT2D eigenvalue weighted by Crippen LogP contribution is 2.36. The molecule has 0 radical (unpaired) electrons. The summed E-state index contributed by atoms with van der Waals surface area (Å²) in [5.74, 6) is -0.328. The fourth-order valence-corrected chi connectivity index (χ4v) is 3.08. The van der Waals surface area contributed by atoms with Crippen LogP contribution >= 0.6 is 22.6 Å². The molecule has 1 aliphatic carbocycles. The van der Waals surface area contributed by atoms with E-state index in [1.54, 1.807) is 6.07 Å². The molecule has 0 aliphatic heterocycles. The van der Waals surface area contributed by atoms with Gasteiger partial charge in [-0.15, -0.1) is 0 Å². The summed E-state index contributed by atoms with van der Waals surface area (Å²) in [4.78, 5) is 3.62. The number of halogens is 2. The van der Waals surface area contributed by atoms with Gasteiger partial charge in [0, 0.05) is 15.3 Å². The first kappa shape index (κ1) is 12.2. The third-order valence-electron chi connectivity index (χ3n) is 3.28. The van der Waals surface area contributed by atoms with E-state index in [0.29, 0.717) is 5.56 Å². The van der Waals surface area contributed by atoms with Gasteiger partial charge >= 0.3 is 0 Å². The Hall–Kier alpha value is -0.230. The molecule has 1 saturated carbocycles. The molecule has 1 aromatic heterocycles. The van der Waals surface area contributed by atoms with Crippen molar-refractivity contribution in [3.63, 3.8) is 0 Å². The van der Waals surface area contributed by atoms with Crippen LogP contribution in [-0.4, -0.2) is 10.1 Å². The molecular weight excluding hydrogens is 320 g/mol. The summed E-state index contributed by atoms with van der Waals surface area (Å²) in [6.45, 7) is 0. The maximum absolute atomic E-state index is 13.6. The molecule has 1 atom stereocenters. The van der Waals surface area contributed by atoms with E-state index in [9.17, 15) is 9.50 Å². The lowest BCUT2D eigenvalue weighted by Gasteiger charge is -2.27. The third-order valence-corrected chi connectivity index (χ3v) is 4.22. The topological polar surface area (TPSA) is 33.1 Å². The number of aliphatic hydroxyl groups is 1. The number of aliphatic hydroxyl groups excluding tert-OH is 1. The van der Waals surface area contributed by atoms with Crippen LogP contribution in [0.2, 0.25) is 0 Å². The quantitative estimate of drug-likeness (QED) is 0.663. The first-order chi connectivity index (χ1) is 7.70. The molecule has 2 rings (SSSR count). The lowest BCUT2D eigenvalue weighted by atomic mass is 9.83. The highest BCUT2D eigenvalue weighted by atomic mass is 127. The summed E-state index contributed by atoms with van der Waals surface area (Å²) in [5.41, 5.74) is 0.384. The van der Waals surface area contributed by atoms with Crippen LogP contribution in [0.15, 0.2) is 12.3 Å². The van der Waals surface area contributed by atoms with Crippen LogP contribution in [0.5, 0.6) is 0 Å². The number of nitrogens with zero attached hydrogens (tertiary/aromatic N) is 1. The molecule has 1 aromatic rings. The average Bonchev–Trinajstić information content (AvgIpc) is 2.30. The maximum atomic E-state index is 13.6. The molecule has 0 aromatic carbocycles. The molecule has 1 fully saturated rings. The SMILES string of the molecule is OC(c1c(I)ccnc1F)C1CCCCC1. The zero-order chi connectivity index (χ0) is 11.5. The van der Waals surface area contributed by atoms with Gasteiger partial charge in [-0.05, 0) is 47.4 Å². The Balaban J connectivity index is 2.22. The Kier molecular flexibility index (Phi) is 4.13. The van der Waals surface area contributed by atoms with Crippen molar-refractivity contribution >= 4 is 22.6 Å². The molecule has 4 heteroatoms. The highest BCUT2D eigenvalue weighted by Gasteiger charge is 2.27. The molecule has 1 N–H and O–H groups in total. The summed E-state index contributed by atoms with van der Waals surface area (Å²) in [7, 11) is 0. The standard InChI is InChI=1S/C12H15FINO/c13-12-10(9(14)6-7-15-12)11(16)8-4-2-1-3-5-8/h6-8,11,16H,1-5H2. The van der Waals surface area contributed by atoms with Crippen LogP contribution in [0, 0.1) is 15.4 Å². The molecule has 0 amide bonds. The third kappa shape index (κ3) is 2.53. The summed E-state index contributed by atoms with van der Waals surface area (Å²) >= 11 is 2.06. The van der Waals surface area contributed by atoms with Crippen molar-refractivity contribution in [1.29, 1.82) is 0 Å². The Morgan fingerprint density at radius 1 is 1.38 bits per heavy atom. The Morgan fingerprint density at radius 2 is 2.06 bits per heavy atom. The predicted octanol–water partition coefficient (Wildman–Crippen LogP) is 3.44. The molecule has 88 valence electrons. The first-order valence-corrected chi connectivity index (χ1v) is 6.76. The van der Waals surface area contributed by atoms with Crippen molar-refractivity contribution in [3.05, 3.63) is 27.3 Å². The number of hydrogen-bond acceptors (Lipinski definition) is 2. The van der Waals surface area contributed by atoms with Crippen molar-refractivity contribution in [1.82, 2.24) is 4.98 Å². The minimum atomic E-state index is -0.694. The lowest BCUT2D eigenvalue weighted by molar-refractivity contribution is 0.0801. The van der Waals surface area contributed by atoms with E-state index >= 15 is 0 Å². The van der Waals surface area contributed by atoms with Gasteiger partial charge in [0.05, 0.1) is 6.10 Å². The molecule has 0 saturated heterocycles. The minimum Gasteiger partial charge on any atom is -0.388 e. The fourth-order valence-electron chi connectivity index (χ4n) is 2.37. The summed E-state index contributed by atoms with van der Waals surface area (Å²) in [6, 6.07) is 1.74. The number of pyridine rings is 1. The van der Waals surface area contributed by atoms with Crippen LogP contribution in [0.25, 0.3) is 0 Å². The van der Waals surface area contributed by atoms with E-state index in [0.717, 1.165) is 29.3 Å². The van der Waals surface area contributed by atoms with Gasteiger partial charge in [0.1, 0.15) is 0 Å². The first-order valence-electron chi connectivity index (χ1n) is 5.68. The maximum Gasteiger partial charge on any atom is 0.219 e. The van der Waals surface area contributed by atoms with Crippen molar-refractivity contribution in [3.8, 4) is 0 Å². The highest BCUT2D eigenvalue weighted by molar-refractivity contribution is 14.1. The molecule has 1 unspecified atom stereocenters. The van der Waals surface area contributed by atoms with E-state index in [1.165, 1.54) is 12.6 Å². The van der Waals surface area contributed by atoms with Crippen molar-refractivity contribution in [2.24, 2.45) is 5.92 Å².